The molecule has 0 aliphatic rings. The minimum absolute atomic E-state index is 0.0482. The first-order chi connectivity index (χ1) is 17.9. The van der Waals surface area contributed by atoms with E-state index in [4.69, 9.17) is 29.4 Å². The average Bonchev–Trinajstić information content (AvgIpc) is 2.84. The first-order valence-corrected chi connectivity index (χ1v) is 13.3. The second-order valence-corrected chi connectivity index (χ2v) is 11.2. The number of carbonyl (C=O) groups excluding carboxylic acids is 4. The summed E-state index contributed by atoms with van der Waals surface area (Å²) in [6.45, 7) is 17.3. The van der Waals surface area contributed by atoms with Crippen LogP contribution in [0.2, 0.25) is 0 Å². The van der Waals surface area contributed by atoms with E-state index < -0.39 is 53.1 Å². The van der Waals surface area contributed by atoms with E-state index in [9.17, 15) is 19.2 Å². The molecule has 0 saturated heterocycles. The first kappa shape index (κ1) is 33.9. The van der Waals surface area contributed by atoms with Gasteiger partial charge in [-0.3, -0.25) is 14.4 Å². The van der Waals surface area contributed by atoms with Crippen molar-refractivity contribution in [3.8, 4) is 11.5 Å². The molecule has 0 radical (unpaired) electrons. The maximum absolute atomic E-state index is 12.8. The minimum Gasteiger partial charge on any atom is -0.458 e. The van der Waals surface area contributed by atoms with Crippen LogP contribution in [0.25, 0.3) is 0 Å². The zero-order chi connectivity index (χ0) is 30.1. The highest BCUT2D eigenvalue weighted by molar-refractivity contribution is 5.81. The number of nitrogens with two attached hydrogens (primary N) is 1. The van der Waals surface area contributed by atoms with Gasteiger partial charge in [0.2, 0.25) is 0 Å². The summed E-state index contributed by atoms with van der Waals surface area (Å²) in [5, 5.41) is 0. The van der Waals surface area contributed by atoms with Crippen molar-refractivity contribution >= 4 is 24.1 Å². The molecule has 0 aliphatic carbocycles. The molecule has 3 atom stereocenters. The van der Waals surface area contributed by atoms with Crippen LogP contribution in [0.1, 0.15) is 87.6 Å². The predicted molar refractivity (Wildman–Crippen MR) is 145 cm³/mol. The van der Waals surface area contributed by atoms with E-state index in [1.54, 1.807) is 61.5 Å². The molecular weight excluding hydrogens is 506 g/mol. The molecule has 0 unspecified atom stereocenters. The van der Waals surface area contributed by atoms with E-state index in [2.05, 4.69) is 0 Å². The van der Waals surface area contributed by atoms with Gasteiger partial charge in [0.25, 0.3) is 0 Å². The van der Waals surface area contributed by atoms with E-state index in [-0.39, 0.29) is 24.0 Å². The first-order valence-electron chi connectivity index (χ1n) is 13.3. The number of benzene rings is 1. The Morgan fingerprint density at radius 1 is 0.769 bits per heavy atom. The fourth-order valence-corrected chi connectivity index (χ4v) is 2.78. The summed E-state index contributed by atoms with van der Waals surface area (Å²) < 4.78 is 26.7. The van der Waals surface area contributed by atoms with E-state index in [0.717, 1.165) is 0 Å². The molecule has 0 amide bonds. The van der Waals surface area contributed by atoms with Crippen LogP contribution < -0.4 is 15.2 Å². The van der Waals surface area contributed by atoms with Gasteiger partial charge >= 0.3 is 24.1 Å². The summed E-state index contributed by atoms with van der Waals surface area (Å²) >= 11 is 0. The molecule has 0 bridgehead atoms. The minimum atomic E-state index is -1.06. The van der Waals surface area contributed by atoms with Gasteiger partial charge in [0.05, 0.1) is 16.9 Å². The lowest BCUT2D eigenvalue weighted by Crippen LogP contribution is -2.39. The molecule has 0 aromatic heterocycles. The maximum atomic E-state index is 12.8. The molecule has 220 valence electrons. The quantitative estimate of drug-likeness (QED) is 0.259. The van der Waals surface area contributed by atoms with Crippen LogP contribution >= 0.6 is 0 Å². The maximum Gasteiger partial charge on any atom is 0.508 e. The number of ether oxygens (including phenoxy) is 5. The number of hydrogen-bond donors (Lipinski definition) is 1. The van der Waals surface area contributed by atoms with Crippen molar-refractivity contribution in [2.24, 2.45) is 16.6 Å². The summed E-state index contributed by atoms with van der Waals surface area (Å²) in [5.74, 6) is -1.51. The van der Waals surface area contributed by atoms with Crippen molar-refractivity contribution in [2.45, 2.75) is 113 Å². The van der Waals surface area contributed by atoms with Crippen molar-refractivity contribution in [2.75, 3.05) is 0 Å². The highest BCUT2D eigenvalue weighted by Crippen LogP contribution is 2.34. The van der Waals surface area contributed by atoms with Crippen LogP contribution in [0.3, 0.4) is 0 Å². The van der Waals surface area contributed by atoms with Gasteiger partial charge in [-0.1, -0.05) is 19.9 Å². The van der Waals surface area contributed by atoms with Crippen molar-refractivity contribution in [3.63, 3.8) is 0 Å². The summed E-state index contributed by atoms with van der Waals surface area (Å²) in [5.41, 5.74) is 5.15. The Bertz CT molecular complexity index is 1020. The lowest BCUT2D eigenvalue weighted by Gasteiger charge is -2.24. The number of carbonyl (C=O) groups is 4. The van der Waals surface area contributed by atoms with Crippen LogP contribution in [0.4, 0.5) is 4.79 Å². The van der Waals surface area contributed by atoms with Crippen molar-refractivity contribution < 1.29 is 42.9 Å². The van der Waals surface area contributed by atoms with E-state index in [0.29, 0.717) is 18.4 Å². The van der Waals surface area contributed by atoms with Crippen molar-refractivity contribution in [3.05, 3.63) is 23.8 Å². The monoisotopic (exact) mass is 551 g/mol. The lowest BCUT2D eigenvalue weighted by molar-refractivity contribution is -0.155. The zero-order valence-electron chi connectivity index (χ0n) is 24.9. The number of esters is 3. The molecule has 0 aliphatic heterocycles. The van der Waals surface area contributed by atoms with Crippen LogP contribution in [0.15, 0.2) is 18.2 Å². The molecule has 2 N–H and O–H groups in total. The topological polar surface area (TPSA) is 140 Å². The fraction of sp³-hybridized carbons (Fsp3) is 0.655. The Kier molecular flexibility index (Phi) is 12.4. The third-order valence-electron chi connectivity index (χ3n) is 6.62. The summed E-state index contributed by atoms with van der Waals surface area (Å²) in [4.78, 5) is 49.9. The molecule has 0 saturated carbocycles. The SMILES string of the molecule is CCC(C)(C)C(=O)Oc1ccc(C[C@H](N)C(=O)O[C@@H](C)[C@H](C)OC(=O)OC(C)C)cc1OC(=O)C(C)(C)CC. The molecule has 0 fully saturated rings. The Balaban J connectivity index is 3.06. The molecule has 0 heterocycles. The molecule has 1 aromatic rings. The molecular formula is C29H45NO9. The smallest absolute Gasteiger partial charge is 0.458 e. The normalized spacial score (nSPS) is 14.2. The Morgan fingerprint density at radius 3 is 1.74 bits per heavy atom. The molecule has 1 aromatic carbocycles. The van der Waals surface area contributed by atoms with E-state index in [1.165, 1.54) is 12.1 Å². The molecule has 0 spiro atoms. The predicted octanol–water partition coefficient (Wildman–Crippen LogP) is 5.12. The van der Waals surface area contributed by atoms with Crippen molar-refractivity contribution in [1.29, 1.82) is 0 Å². The second kappa shape index (κ2) is 14.3. The van der Waals surface area contributed by atoms with Crippen LogP contribution in [-0.4, -0.2) is 48.4 Å². The third-order valence-corrected chi connectivity index (χ3v) is 6.62. The van der Waals surface area contributed by atoms with Crippen molar-refractivity contribution in [1.82, 2.24) is 0 Å². The van der Waals surface area contributed by atoms with E-state index in [1.807, 2.05) is 13.8 Å². The van der Waals surface area contributed by atoms with Gasteiger partial charge in [-0.15, -0.1) is 0 Å². The van der Waals surface area contributed by atoms with Crippen LogP contribution in [-0.2, 0) is 35.0 Å². The number of rotatable bonds is 13. The number of hydrogen-bond acceptors (Lipinski definition) is 10. The van der Waals surface area contributed by atoms with Gasteiger partial charge in [0.15, 0.2) is 11.5 Å². The third kappa shape index (κ3) is 10.5. The van der Waals surface area contributed by atoms with Gasteiger partial charge in [-0.2, -0.15) is 0 Å². The van der Waals surface area contributed by atoms with Gasteiger partial charge in [0, 0.05) is 0 Å². The summed E-state index contributed by atoms with van der Waals surface area (Å²) in [6.07, 6.45) is -1.61. The molecule has 10 nitrogen and oxygen atoms in total. The average molecular weight is 552 g/mol. The fourth-order valence-electron chi connectivity index (χ4n) is 2.78. The Morgan fingerprint density at radius 2 is 1.26 bits per heavy atom. The van der Waals surface area contributed by atoms with Gasteiger partial charge in [-0.05, 0) is 92.3 Å². The van der Waals surface area contributed by atoms with Gasteiger partial charge in [-0.25, -0.2) is 4.79 Å². The van der Waals surface area contributed by atoms with Gasteiger partial charge in [0.1, 0.15) is 18.2 Å². The molecule has 1 rings (SSSR count). The second-order valence-electron chi connectivity index (χ2n) is 11.2. The highest BCUT2D eigenvalue weighted by Gasteiger charge is 2.32. The van der Waals surface area contributed by atoms with Gasteiger partial charge < -0.3 is 29.4 Å². The molecule has 10 heteroatoms. The summed E-state index contributed by atoms with van der Waals surface area (Å²) in [7, 11) is 0. The lowest BCUT2D eigenvalue weighted by atomic mass is 9.90. The summed E-state index contributed by atoms with van der Waals surface area (Å²) in [6, 6.07) is 3.60. The standard InChI is InChI=1S/C29H45NO9/c1-11-28(7,8)25(32)38-22-14-13-20(16-23(22)39-26(33)29(9,10)12-2)15-21(30)24(31)36-18(5)19(6)37-27(34)35-17(3)4/h13-14,16-19,21H,11-12,15,30H2,1-10H3/t18-,19-,21-/m0/s1. The highest BCUT2D eigenvalue weighted by atomic mass is 16.7. The zero-order valence-corrected chi connectivity index (χ0v) is 24.9. The molecule has 39 heavy (non-hydrogen) atoms. The van der Waals surface area contributed by atoms with Crippen LogP contribution in [0.5, 0.6) is 11.5 Å². The Labute approximate surface area is 231 Å². The Hall–Kier alpha value is -3.14. The largest absolute Gasteiger partial charge is 0.508 e. The van der Waals surface area contributed by atoms with Crippen LogP contribution in [0, 0.1) is 10.8 Å². The van der Waals surface area contributed by atoms with E-state index >= 15 is 0 Å².